The minimum atomic E-state index is -1.04. The lowest BCUT2D eigenvalue weighted by molar-refractivity contribution is -0.209. The highest BCUT2D eigenvalue weighted by molar-refractivity contribution is 4.89. The van der Waals surface area contributed by atoms with Crippen LogP contribution < -0.4 is 0 Å². The van der Waals surface area contributed by atoms with E-state index in [1.165, 1.54) is 0 Å². The van der Waals surface area contributed by atoms with Gasteiger partial charge in [0.25, 0.3) is 0 Å². The van der Waals surface area contributed by atoms with Crippen LogP contribution in [0.25, 0.3) is 0 Å². The average Bonchev–Trinajstić information content (AvgIpc) is 2.13. The van der Waals surface area contributed by atoms with Crippen molar-refractivity contribution in [1.82, 2.24) is 0 Å². The van der Waals surface area contributed by atoms with Crippen molar-refractivity contribution in [2.75, 3.05) is 13.2 Å². The van der Waals surface area contributed by atoms with Crippen LogP contribution in [-0.4, -0.2) is 58.1 Å². The van der Waals surface area contributed by atoms with E-state index in [1.807, 2.05) is 0 Å². The summed E-state index contributed by atoms with van der Waals surface area (Å²) in [4.78, 5) is 0. The molecule has 0 aliphatic carbocycles. The van der Waals surface area contributed by atoms with E-state index in [4.69, 9.17) is 14.9 Å². The average molecular weight is 192 g/mol. The number of hydrogen-bond donors (Lipinski definition) is 4. The first-order valence-electron chi connectivity index (χ1n) is 4.35. The van der Waals surface area contributed by atoms with E-state index < -0.39 is 30.3 Å². The minimum Gasteiger partial charge on any atom is -0.396 e. The highest BCUT2D eigenvalue weighted by Crippen LogP contribution is 2.25. The second-order valence-electron chi connectivity index (χ2n) is 3.39. The number of hydrogen-bond acceptors (Lipinski definition) is 5. The van der Waals surface area contributed by atoms with Gasteiger partial charge in [-0.3, -0.25) is 0 Å². The Morgan fingerprint density at radius 3 is 2.15 bits per heavy atom. The van der Waals surface area contributed by atoms with Gasteiger partial charge in [0.15, 0.2) is 0 Å². The van der Waals surface area contributed by atoms with E-state index in [0.717, 1.165) is 0 Å². The van der Waals surface area contributed by atoms with Crippen molar-refractivity contribution < 1.29 is 25.2 Å². The fraction of sp³-hybridized carbons (Fsp3) is 1.00. The summed E-state index contributed by atoms with van der Waals surface area (Å²) in [7, 11) is 0. The first kappa shape index (κ1) is 10.9. The zero-order valence-corrected chi connectivity index (χ0v) is 7.50. The molecular weight excluding hydrogens is 176 g/mol. The molecule has 0 saturated carbocycles. The Labute approximate surface area is 76.6 Å². The largest absolute Gasteiger partial charge is 0.396 e. The Balaban J connectivity index is 2.69. The van der Waals surface area contributed by atoms with Crippen LogP contribution in [0, 0.1) is 5.92 Å². The van der Waals surface area contributed by atoms with E-state index >= 15 is 0 Å². The zero-order chi connectivity index (χ0) is 10.0. The molecule has 4 N–H and O–H groups in total. The van der Waals surface area contributed by atoms with Gasteiger partial charge in [0.05, 0.1) is 31.5 Å². The second kappa shape index (κ2) is 4.34. The van der Waals surface area contributed by atoms with Gasteiger partial charge in [-0.1, -0.05) is 0 Å². The summed E-state index contributed by atoms with van der Waals surface area (Å²) in [5, 5.41) is 36.7. The quantitative estimate of drug-likeness (QED) is 0.410. The molecule has 0 aromatic carbocycles. The fourth-order valence-electron chi connectivity index (χ4n) is 1.61. The van der Waals surface area contributed by atoms with E-state index in [2.05, 4.69) is 0 Å². The Hall–Kier alpha value is -0.200. The van der Waals surface area contributed by atoms with E-state index in [1.54, 1.807) is 6.92 Å². The van der Waals surface area contributed by atoms with Crippen LogP contribution >= 0.6 is 0 Å². The number of ether oxygens (including phenoxy) is 1. The fourth-order valence-corrected chi connectivity index (χ4v) is 1.61. The molecule has 78 valence electrons. The lowest BCUT2D eigenvalue weighted by atomic mass is 9.88. The summed E-state index contributed by atoms with van der Waals surface area (Å²) in [5.74, 6) is -0.615. The van der Waals surface area contributed by atoms with Crippen LogP contribution in [0.4, 0.5) is 0 Å². The van der Waals surface area contributed by atoms with Crippen molar-refractivity contribution in [3.8, 4) is 0 Å². The van der Waals surface area contributed by atoms with Crippen LogP contribution in [0.2, 0.25) is 0 Å². The molecule has 1 heterocycles. The third kappa shape index (κ3) is 2.00. The number of aliphatic hydroxyl groups excluding tert-OH is 4. The maximum atomic E-state index is 9.51. The summed E-state index contributed by atoms with van der Waals surface area (Å²) >= 11 is 0. The molecule has 1 aliphatic heterocycles. The summed E-state index contributed by atoms with van der Waals surface area (Å²) in [5.41, 5.74) is 0. The molecular formula is C8H16O5. The molecule has 0 amide bonds. The molecule has 0 unspecified atom stereocenters. The summed E-state index contributed by atoms with van der Waals surface area (Å²) in [6.07, 6.45) is -3.15. The standard InChI is InChI=1S/C8H16O5/c1-4-7(11)8(12)5(2-9)6(3-10)13-4/h4-12H,2-3H2,1H3/t4-,5-,6-,7+,8+/m1/s1. The number of rotatable bonds is 2. The Bertz CT molecular complexity index is 161. The molecule has 1 fully saturated rings. The van der Waals surface area contributed by atoms with Gasteiger partial charge in [0, 0.05) is 5.92 Å². The van der Waals surface area contributed by atoms with Crippen molar-refractivity contribution in [1.29, 1.82) is 0 Å². The molecule has 0 radical (unpaired) electrons. The lowest BCUT2D eigenvalue weighted by Crippen LogP contribution is -2.55. The SMILES string of the molecule is C[C@H]1O[C@H](CO)[C@@H](CO)[C@H](O)[C@H]1O. The number of aliphatic hydroxyl groups is 4. The topological polar surface area (TPSA) is 90.2 Å². The van der Waals surface area contributed by atoms with Crippen LogP contribution in [-0.2, 0) is 4.74 Å². The van der Waals surface area contributed by atoms with E-state index in [-0.39, 0.29) is 13.2 Å². The maximum Gasteiger partial charge on any atom is 0.106 e. The third-order valence-electron chi connectivity index (χ3n) is 2.53. The van der Waals surface area contributed by atoms with Crippen LogP contribution in [0.15, 0.2) is 0 Å². The molecule has 1 saturated heterocycles. The van der Waals surface area contributed by atoms with Crippen molar-refractivity contribution in [2.45, 2.75) is 31.3 Å². The highest BCUT2D eigenvalue weighted by atomic mass is 16.5. The summed E-state index contributed by atoms with van der Waals surface area (Å²) < 4.78 is 5.20. The van der Waals surface area contributed by atoms with Crippen molar-refractivity contribution in [2.24, 2.45) is 5.92 Å². The van der Waals surface area contributed by atoms with Crippen LogP contribution in [0.5, 0.6) is 0 Å². The lowest BCUT2D eigenvalue weighted by Gasteiger charge is -2.40. The van der Waals surface area contributed by atoms with Gasteiger partial charge in [-0.05, 0) is 6.92 Å². The van der Waals surface area contributed by atoms with Gasteiger partial charge in [0.2, 0.25) is 0 Å². The predicted octanol–water partition coefficient (Wildman–Crippen LogP) is -1.90. The maximum absolute atomic E-state index is 9.51. The summed E-state index contributed by atoms with van der Waals surface area (Å²) in [6.45, 7) is 1.04. The Kier molecular flexibility index (Phi) is 3.63. The van der Waals surface area contributed by atoms with Gasteiger partial charge in [0.1, 0.15) is 6.10 Å². The molecule has 0 bridgehead atoms. The predicted molar refractivity (Wildman–Crippen MR) is 44.0 cm³/mol. The van der Waals surface area contributed by atoms with Gasteiger partial charge < -0.3 is 25.2 Å². The minimum absolute atomic E-state index is 0.265. The van der Waals surface area contributed by atoms with Gasteiger partial charge in [-0.15, -0.1) is 0 Å². The first-order valence-corrected chi connectivity index (χ1v) is 4.35. The molecule has 1 aliphatic rings. The van der Waals surface area contributed by atoms with Crippen molar-refractivity contribution in [3.05, 3.63) is 0 Å². The van der Waals surface area contributed by atoms with Gasteiger partial charge in [-0.2, -0.15) is 0 Å². The Morgan fingerprint density at radius 1 is 1.08 bits per heavy atom. The normalized spacial score (nSPS) is 46.4. The molecule has 5 atom stereocenters. The molecule has 13 heavy (non-hydrogen) atoms. The molecule has 0 spiro atoms. The smallest absolute Gasteiger partial charge is 0.106 e. The van der Waals surface area contributed by atoms with Crippen molar-refractivity contribution in [3.63, 3.8) is 0 Å². The van der Waals surface area contributed by atoms with Gasteiger partial charge >= 0.3 is 0 Å². The summed E-state index contributed by atoms with van der Waals surface area (Å²) in [6, 6.07) is 0. The molecule has 0 aromatic heterocycles. The van der Waals surface area contributed by atoms with Gasteiger partial charge in [-0.25, -0.2) is 0 Å². The third-order valence-corrected chi connectivity index (χ3v) is 2.53. The zero-order valence-electron chi connectivity index (χ0n) is 7.50. The van der Waals surface area contributed by atoms with Crippen LogP contribution in [0.3, 0.4) is 0 Å². The van der Waals surface area contributed by atoms with E-state index in [9.17, 15) is 10.2 Å². The van der Waals surface area contributed by atoms with Crippen molar-refractivity contribution >= 4 is 0 Å². The molecule has 0 aromatic rings. The second-order valence-corrected chi connectivity index (χ2v) is 3.39. The molecule has 5 heteroatoms. The Morgan fingerprint density at radius 2 is 1.69 bits per heavy atom. The molecule has 1 rings (SSSR count). The van der Waals surface area contributed by atoms with E-state index in [0.29, 0.717) is 0 Å². The highest BCUT2D eigenvalue weighted by Gasteiger charge is 2.41. The van der Waals surface area contributed by atoms with Crippen LogP contribution in [0.1, 0.15) is 6.92 Å². The first-order chi connectivity index (χ1) is 6.11. The monoisotopic (exact) mass is 192 g/mol. The molecule has 5 nitrogen and oxygen atoms in total.